The van der Waals surface area contributed by atoms with Gasteiger partial charge in [0.1, 0.15) is 17.4 Å². The van der Waals surface area contributed by atoms with Crippen molar-refractivity contribution in [2.45, 2.75) is 26.0 Å². The third kappa shape index (κ3) is 3.03. The van der Waals surface area contributed by atoms with E-state index >= 15 is 0 Å². The van der Waals surface area contributed by atoms with E-state index < -0.39 is 6.10 Å². The number of rotatable bonds is 5. The number of hydrogen-bond donors (Lipinski definition) is 2. The number of ether oxygens (including phenoxy) is 1. The van der Waals surface area contributed by atoms with Gasteiger partial charge < -0.3 is 15.6 Å². The third-order valence-electron chi connectivity index (χ3n) is 3.25. The highest BCUT2D eigenvalue weighted by molar-refractivity contribution is 5.84. The number of fused-ring (bicyclic) bond motifs is 1. The van der Waals surface area contributed by atoms with Crippen LogP contribution in [0.5, 0.6) is 5.75 Å². The van der Waals surface area contributed by atoms with Crippen molar-refractivity contribution >= 4 is 10.9 Å². The maximum Gasteiger partial charge on any atom is 0.146 e. The third-order valence-corrected chi connectivity index (χ3v) is 3.25. The van der Waals surface area contributed by atoms with Crippen LogP contribution < -0.4 is 10.5 Å². The van der Waals surface area contributed by atoms with E-state index in [4.69, 9.17) is 10.5 Å². The molecule has 0 aliphatic heterocycles. The van der Waals surface area contributed by atoms with Gasteiger partial charge in [-0.2, -0.15) is 0 Å². The zero-order chi connectivity index (χ0) is 13.8. The molecule has 0 bridgehead atoms. The summed E-state index contributed by atoms with van der Waals surface area (Å²) < 4.78 is 5.86. The Kier molecular flexibility index (Phi) is 4.35. The highest BCUT2D eigenvalue weighted by atomic mass is 16.5. The van der Waals surface area contributed by atoms with Gasteiger partial charge in [0.15, 0.2) is 0 Å². The summed E-state index contributed by atoms with van der Waals surface area (Å²) >= 11 is 0. The number of hydrogen-bond acceptors (Lipinski definition) is 4. The molecule has 0 spiro atoms. The van der Waals surface area contributed by atoms with E-state index in [0.717, 1.165) is 10.9 Å². The number of pyridine rings is 1. The molecule has 1 aromatic carbocycles. The lowest BCUT2D eigenvalue weighted by Gasteiger charge is -2.26. The van der Waals surface area contributed by atoms with Gasteiger partial charge in [-0.1, -0.05) is 32.0 Å². The molecular formula is C15H20N2O2. The Morgan fingerprint density at radius 2 is 2.00 bits per heavy atom. The van der Waals surface area contributed by atoms with Gasteiger partial charge in [-0.15, -0.1) is 0 Å². The predicted octanol–water partition coefficient (Wildman–Crippen LogP) is 1.96. The van der Waals surface area contributed by atoms with Crippen molar-refractivity contribution in [2.24, 2.45) is 11.7 Å². The smallest absolute Gasteiger partial charge is 0.146 e. The van der Waals surface area contributed by atoms with Crippen LogP contribution in [0.2, 0.25) is 0 Å². The van der Waals surface area contributed by atoms with Crippen LogP contribution in [-0.2, 0) is 0 Å². The number of para-hydroxylation sites is 1. The van der Waals surface area contributed by atoms with Gasteiger partial charge in [-0.05, 0) is 18.1 Å². The molecule has 0 amide bonds. The topological polar surface area (TPSA) is 68.4 Å². The van der Waals surface area contributed by atoms with Crippen LogP contribution in [-0.4, -0.2) is 28.8 Å². The van der Waals surface area contributed by atoms with Gasteiger partial charge in [-0.25, -0.2) is 0 Å². The minimum absolute atomic E-state index is 0.109. The average Bonchev–Trinajstić information content (AvgIpc) is 2.44. The van der Waals surface area contributed by atoms with Gasteiger partial charge in [0.25, 0.3) is 0 Å². The molecule has 2 atom stereocenters. The first kappa shape index (κ1) is 13.8. The Bertz CT molecular complexity index is 537. The van der Waals surface area contributed by atoms with Gasteiger partial charge in [0.2, 0.25) is 0 Å². The Hall–Kier alpha value is -1.65. The second-order valence-corrected chi connectivity index (χ2v) is 4.99. The van der Waals surface area contributed by atoms with Crippen molar-refractivity contribution in [2.75, 3.05) is 6.61 Å². The van der Waals surface area contributed by atoms with Crippen molar-refractivity contribution in [3.63, 3.8) is 0 Å². The van der Waals surface area contributed by atoms with E-state index in [1.165, 1.54) is 0 Å². The van der Waals surface area contributed by atoms with E-state index in [2.05, 4.69) is 4.98 Å². The van der Waals surface area contributed by atoms with Crippen molar-refractivity contribution in [1.29, 1.82) is 0 Å². The van der Waals surface area contributed by atoms with Gasteiger partial charge in [0, 0.05) is 17.6 Å². The maximum absolute atomic E-state index is 9.45. The molecule has 1 aromatic heterocycles. The predicted molar refractivity (Wildman–Crippen MR) is 76.1 cm³/mol. The molecule has 2 unspecified atom stereocenters. The summed E-state index contributed by atoms with van der Waals surface area (Å²) in [4.78, 5) is 4.33. The molecule has 3 N–H and O–H groups in total. The van der Waals surface area contributed by atoms with E-state index in [0.29, 0.717) is 5.75 Å². The first-order chi connectivity index (χ1) is 9.13. The van der Waals surface area contributed by atoms with Crippen molar-refractivity contribution in [1.82, 2.24) is 4.98 Å². The zero-order valence-corrected chi connectivity index (χ0v) is 11.3. The van der Waals surface area contributed by atoms with E-state index in [-0.39, 0.29) is 18.6 Å². The molecule has 0 aliphatic rings. The lowest BCUT2D eigenvalue weighted by molar-refractivity contribution is 0.0822. The molecule has 0 saturated carbocycles. The molecule has 0 radical (unpaired) electrons. The van der Waals surface area contributed by atoms with Crippen LogP contribution >= 0.6 is 0 Å². The molecular weight excluding hydrogens is 240 g/mol. The number of aliphatic hydroxyl groups excluding tert-OH is 1. The van der Waals surface area contributed by atoms with Crippen LogP contribution in [0.1, 0.15) is 13.8 Å². The highest BCUT2D eigenvalue weighted by Crippen LogP contribution is 2.24. The van der Waals surface area contributed by atoms with Crippen LogP contribution in [0.3, 0.4) is 0 Å². The molecule has 4 heteroatoms. The summed E-state index contributed by atoms with van der Waals surface area (Å²) in [5.41, 5.74) is 6.85. The number of benzene rings is 1. The van der Waals surface area contributed by atoms with Crippen LogP contribution in [0.15, 0.2) is 36.5 Å². The van der Waals surface area contributed by atoms with Crippen molar-refractivity contribution < 1.29 is 9.84 Å². The minimum Gasteiger partial charge on any atom is -0.484 e. The number of aromatic nitrogens is 1. The molecule has 0 saturated heterocycles. The fourth-order valence-corrected chi connectivity index (χ4v) is 2.00. The Balaban J connectivity index is 2.29. The normalized spacial score (nSPS) is 14.6. The number of nitrogens with zero attached hydrogens (tertiary/aromatic N) is 1. The quantitative estimate of drug-likeness (QED) is 0.862. The fourth-order valence-electron chi connectivity index (χ4n) is 2.00. The summed E-state index contributed by atoms with van der Waals surface area (Å²) in [6, 6.07) is 9.38. The van der Waals surface area contributed by atoms with Crippen LogP contribution in [0, 0.1) is 5.92 Å². The Morgan fingerprint density at radius 3 is 2.68 bits per heavy atom. The molecule has 2 aromatic rings. The lowest BCUT2D eigenvalue weighted by Crippen LogP contribution is -2.45. The number of aliphatic hydroxyl groups is 1. The minimum atomic E-state index is -0.424. The van der Waals surface area contributed by atoms with Crippen LogP contribution in [0.25, 0.3) is 10.9 Å². The fraction of sp³-hybridized carbons (Fsp3) is 0.400. The second-order valence-electron chi connectivity index (χ2n) is 4.99. The van der Waals surface area contributed by atoms with Gasteiger partial charge in [-0.3, -0.25) is 4.98 Å². The van der Waals surface area contributed by atoms with E-state index in [1.807, 2.05) is 44.2 Å². The zero-order valence-electron chi connectivity index (χ0n) is 11.3. The van der Waals surface area contributed by atoms with E-state index in [1.54, 1.807) is 6.20 Å². The van der Waals surface area contributed by atoms with Crippen LogP contribution in [0.4, 0.5) is 0 Å². The highest BCUT2D eigenvalue weighted by Gasteiger charge is 2.22. The SMILES string of the molecule is CC(C)C(N)C(CO)Oc1cccc2cccnc12. The molecule has 4 nitrogen and oxygen atoms in total. The first-order valence-corrected chi connectivity index (χ1v) is 6.50. The monoisotopic (exact) mass is 260 g/mol. The molecule has 2 rings (SSSR count). The molecule has 19 heavy (non-hydrogen) atoms. The van der Waals surface area contributed by atoms with Crippen molar-refractivity contribution in [3.8, 4) is 5.75 Å². The average molecular weight is 260 g/mol. The van der Waals surface area contributed by atoms with Gasteiger partial charge >= 0.3 is 0 Å². The van der Waals surface area contributed by atoms with Gasteiger partial charge in [0.05, 0.1) is 6.61 Å². The Labute approximate surface area is 113 Å². The molecule has 0 fully saturated rings. The number of nitrogens with two attached hydrogens (primary N) is 1. The maximum atomic E-state index is 9.45. The lowest BCUT2D eigenvalue weighted by atomic mass is 10.00. The summed E-state index contributed by atoms with van der Waals surface area (Å²) in [6.07, 6.45) is 1.30. The summed E-state index contributed by atoms with van der Waals surface area (Å²) in [5.74, 6) is 0.897. The first-order valence-electron chi connectivity index (χ1n) is 6.50. The largest absolute Gasteiger partial charge is 0.484 e. The van der Waals surface area contributed by atoms with E-state index in [9.17, 15) is 5.11 Å². The Morgan fingerprint density at radius 1 is 1.26 bits per heavy atom. The molecule has 102 valence electrons. The summed E-state index contributed by atoms with van der Waals surface area (Å²) in [5, 5.41) is 10.5. The molecule has 0 aliphatic carbocycles. The second kappa shape index (κ2) is 5.99. The van der Waals surface area contributed by atoms with Crippen molar-refractivity contribution in [3.05, 3.63) is 36.5 Å². The summed E-state index contributed by atoms with van der Waals surface area (Å²) in [6.45, 7) is 3.92. The standard InChI is InChI=1S/C15H20N2O2/c1-10(2)14(16)13(9-18)19-12-7-3-5-11-6-4-8-17-15(11)12/h3-8,10,13-14,18H,9,16H2,1-2H3. The summed E-state index contributed by atoms with van der Waals surface area (Å²) in [7, 11) is 0. The molecule has 1 heterocycles.